The third-order valence-electron chi connectivity index (χ3n) is 4.51. The number of hydrogen-bond donors (Lipinski definition) is 2. The molecular weight excluding hydrogens is 380 g/mol. The molecule has 1 aromatic rings. The maximum absolute atomic E-state index is 12.8. The highest BCUT2D eigenvalue weighted by Crippen LogP contribution is 2.52. The SMILES string of the molecule is Cc1nnc(SCC2=C(C(=O)O)N3C(=O)C(N)(C(C)(C)C)[C@@H]3SC2)s1. The van der Waals surface area contributed by atoms with Gasteiger partial charge in [0.05, 0.1) is 0 Å². The lowest BCUT2D eigenvalue weighted by molar-refractivity contribution is -0.161. The number of β-lactam (4-membered cyclic amide) rings is 1. The highest BCUT2D eigenvalue weighted by atomic mass is 32.2. The van der Waals surface area contributed by atoms with Gasteiger partial charge in [-0.3, -0.25) is 9.69 Å². The molecule has 3 rings (SSSR count). The Labute approximate surface area is 158 Å². The standard InChI is InChI=1S/C15H20N4O3S3/c1-7-17-18-13(25-7)24-6-8-5-23-12-15(16,14(2,3)4)11(22)19(12)9(8)10(20)21/h12H,5-6,16H2,1-4H3,(H,20,21)/t12-,15?/m0/s1. The topological polar surface area (TPSA) is 109 Å². The summed E-state index contributed by atoms with van der Waals surface area (Å²) >= 11 is 4.45. The second kappa shape index (κ2) is 6.26. The molecule has 1 saturated heterocycles. The number of rotatable bonds is 4. The van der Waals surface area contributed by atoms with E-state index in [1.54, 1.807) is 0 Å². The third kappa shape index (κ3) is 2.88. The summed E-state index contributed by atoms with van der Waals surface area (Å²) in [4.78, 5) is 26.0. The lowest BCUT2D eigenvalue weighted by atomic mass is 9.68. The number of thioether (sulfide) groups is 2. The molecule has 3 heterocycles. The summed E-state index contributed by atoms with van der Waals surface area (Å²) in [5, 5.41) is 18.2. The van der Waals surface area contributed by atoms with Crippen molar-refractivity contribution in [3.8, 4) is 0 Å². The molecule has 136 valence electrons. The van der Waals surface area contributed by atoms with Crippen LogP contribution in [0.5, 0.6) is 0 Å². The van der Waals surface area contributed by atoms with E-state index in [1.165, 1.54) is 39.8 Å². The normalized spacial score (nSPS) is 26.5. The second-order valence-electron chi connectivity index (χ2n) is 7.09. The molecule has 2 atom stereocenters. The number of aromatic nitrogens is 2. The van der Waals surface area contributed by atoms with E-state index in [9.17, 15) is 14.7 Å². The van der Waals surface area contributed by atoms with Crippen molar-refractivity contribution < 1.29 is 14.7 Å². The minimum atomic E-state index is -1.08. The predicted molar refractivity (Wildman–Crippen MR) is 99.5 cm³/mol. The number of aliphatic carboxylic acids is 1. The predicted octanol–water partition coefficient (Wildman–Crippen LogP) is 1.94. The van der Waals surface area contributed by atoms with Gasteiger partial charge in [0.25, 0.3) is 5.91 Å². The van der Waals surface area contributed by atoms with E-state index in [0.29, 0.717) is 11.5 Å². The Bertz CT molecular complexity index is 770. The molecule has 1 aromatic heterocycles. The number of nitrogens with two attached hydrogens (primary N) is 1. The number of fused-ring (bicyclic) bond motifs is 1. The van der Waals surface area contributed by atoms with Crippen molar-refractivity contribution in [2.45, 2.75) is 42.9 Å². The molecule has 7 nitrogen and oxygen atoms in total. The first-order valence-corrected chi connectivity index (χ1v) is 10.5. The van der Waals surface area contributed by atoms with Crippen molar-refractivity contribution in [1.82, 2.24) is 15.1 Å². The lowest BCUT2D eigenvalue weighted by Crippen LogP contribution is -2.82. The van der Waals surface area contributed by atoms with E-state index in [-0.39, 0.29) is 17.0 Å². The molecule has 0 radical (unpaired) electrons. The molecule has 0 spiro atoms. The fraction of sp³-hybridized carbons (Fsp3) is 0.600. The Morgan fingerprint density at radius 2 is 2.16 bits per heavy atom. The van der Waals surface area contributed by atoms with Crippen molar-refractivity contribution in [1.29, 1.82) is 0 Å². The van der Waals surface area contributed by atoms with E-state index in [1.807, 2.05) is 27.7 Å². The van der Waals surface area contributed by atoms with Crippen molar-refractivity contribution in [2.24, 2.45) is 11.1 Å². The zero-order valence-electron chi connectivity index (χ0n) is 14.4. The molecule has 0 aliphatic carbocycles. The van der Waals surface area contributed by atoms with E-state index < -0.39 is 16.9 Å². The van der Waals surface area contributed by atoms with Gasteiger partial charge in [-0.1, -0.05) is 43.9 Å². The molecule has 0 aromatic carbocycles. The first kappa shape index (κ1) is 18.7. The van der Waals surface area contributed by atoms with E-state index >= 15 is 0 Å². The zero-order chi connectivity index (χ0) is 18.6. The quantitative estimate of drug-likeness (QED) is 0.583. The largest absolute Gasteiger partial charge is 0.477 e. The van der Waals surface area contributed by atoms with Gasteiger partial charge in [-0.05, 0) is 17.9 Å². The highest BCUT2D eigenvalue weighted by Gasteiger charge is 2.67. The number of carbonyl (C=O) groups is 2. The van der Waals surface area contributed by atoms with Crippen molar-refractivity contribution in [3.05, 3.63) is 16.3 Å². The Morgan fingerprint density at radius 1 is 1.48 bits per heavy atom. The zero-order valence-corrected chi connectivity index (χ0v) is 16.8. The van der Waals surface area contributed by atoms with Crippen molar-refractivity contribution in [2.75, 3.05) is 11.5 Å². The van der Waals surface area contributed by atoms with Gasteiger partial charge in [0.15, 0.2) is 4.34 Å². The summed E-state index contributed by atoms with van der Waals surface area (Å²) in [7, 11) is 0. The van der Waals surface area contributed by atoms with Gasteiger partial charge >= 0.3 is 5.97 Å². The number of aryl methyl sites for hydroxylation is 1. The summed E-state index contributed by atoms with van der Waals surface area (Å²) < 4.78 is 0.791. The minimum Gasteiger partial charge on any atom is -0.477 e. The van der Waals surface area contributed by atoms with Crippen molar-refractivity contribution in [3.63, 3.8) is 0 Å². The van der Waals surface area contributed by atoms with Gasteiger partial charge in [-0.15, -0.1) is 22.0 Å². The van der Waals surface area contributed by atoms with Crippen LogP contribution in [-0.2, 0) is 9.59 Å². The molecule has 3 N–H and O–H groups in total. The van der Waals surface area contributed by atoms with Gasteiger partial charge in [-0.25, -0.2) is 4.79 Å². The molecule has 2 aliphatic heterocycles. The molecule has 2 aliphatic rings. The summed E-state index contributed by atoms with van der Waals surface area (Å²) in [5.41, 5.74) is 5.70. The third-order valence-corrected chi connectivity index (χ3v) is 7.98. The summed E-state index contributed by atoms with van der Waals surface area (Å²) in [6, 6.07) is 0. The molecule has 1 unspecified atom stereocenters. The Morgan fingerprint density at radius 3 is 2.68 bits per heavy atom. The number of amides is 1. The Hall–Kier alpha value is -1.10. The maximum Gasteiger partial charge on any atom is 0.352 e. The van der Waals surface area contributed by atoms with Gasteiger partial charge in [0.2, 0.25) is 0 Å². The van der Waals surface area contributed by atoms with Gasteiger partial charge in [0, 0.05) is 11.5 Å². The van der Waals surface area contributed by atoms with Crippen LogP contribution in [0.25, 0.3) is 0 Å². The van der Waals surface area contributed by atoms with Crippen molar-refractivity contribution >= 4 is 46.7 Å². The minimum absolute atomic E-state index is 0.0767. The van der Waals surface area contributed by atoms with Crippen LogP contribution in [-0.4, -0.2) is 54.5 Å². The first-order chi connectivity index (χ1) is 11.6. The average Bonchev–Trinajstić information content (AvgIpc) is 2.95. The lowest BCUT2D eigenvalue weighted by Gasteiger charge is -2.60. The van der Waals surface area contributed by atoms with Gasteiger partial charge < -0.3 is 10.8 Å². The van der Waals surface area contributed by atoms with Crippen LogP contribution in [0.1, 0.15) is 25.8 Å². The highest BCUT2D eigenvalue weighted by molar-refractivity contribution is 8.01. The Kier molecular flexibility index (Phi) is 4.68. The average molecular weight is 401 g/mol. The van der Waals surface area contributed by atoms with Crippen LogP contribution < -0.4 is 5.73 Å². The van der Waals surface area contributed by atoms with Crippen LogP contribution in [0, 0.1) is 12.3 Å². The van der Waals surface area contributed by atoms with E-state index in [4.69, 9.17) is 5.73 Å². The van der Waals surface area contributed by atoms with Crippen LogP contribution in [0.4, 0.5) is 0 Å². The molecule has 1 amide bonds. The number of carbonyl (C=O) groups excluding carboxylic acids is 1. The molecule has 0 saturated carbocycles. The fourth-order valence-corrected chi connectivity index (χ4v) is 6.55. The smallest absolute Gasteiger partial charge is 0.352 e. The number of carboxylic acid groups (broad SMARTS) is 1. The van der Waals surface area contributed by atoms with Crippen LogP contribution in [0.2, 0.25) is 0 Å². The fourth-order valence-electron chi connectivity index (χ4n) is 2.93. The summed E-state index contributed by atoms with van der Waals surface area (Å²) in [6.07, 6.45) is 0. The van der Waals surface area contributed by atoms with E-state index in [0.717, 1.165) is 14.9 Å². The summed E-state index contributed by atoms with van der Waals surface area (Å²) in [5.74, 6) is -0.398. The van der Waals surface area contributed by atoms with Crippen LogP contribution in [0.15, 0.2) is 15.6 Å². The monoisotopic (exact) mass is 400 g/mol. The Balaban J connectivity index is 1.87. The number of carboxylic acids is 1. The molecule has 0 bridgehead atoms. The molecule has 25 heavy (non-hydrogen) atoms. The molecular formula is C15H20N4O3S3. The molecule has 1 fully saturated rings. The first-order valence-electron chi connectivity index (χ1n) is 7.69. The maximum atomic E-state index is 12.8. The summed E-state index contributed by atoms with van der Waals surface area (Å²) in [6.45, 7) is 7.61. The van der Waals surface area contributed by atoms with Gasteiger partial charge in [-0.2, -0.15) is 0 Å². The van der Waals surface area contributed by atoms with Gasteiger partial charge in [0.1, 0.15) is 21.6 Å². The van der Waals surface area contributed by atoms with Crippen LogP contribution in [0.3, 0.4) is 0 Å². The number of nitrogens with zero attached hydrogens (tertiary/aromatic N) is 3. The van der Waals surface area contributed by atoms with Crippen LogP contribution >= 0.6 is 34.9 Å². The van der Waals surface area contributed by atoms with E-state index in [2.05, 4.69) is 10.2 Å². The number of hydrogen-bond acceptors (Lipinski definition) is 8. The second-order valence-corrected chi connectivity index (χ2v) is 10.6. The molecule has 10 heteroatoms.